The minimum absolute atomic E-state index is 0.0832. The van der Waals surface area contributed by atoms with E-state index < -0.39 is 9.84 Å². The molecule has 0 unspecified atom stereocenters. The van der Waals surface area contributed by atoms with Gasteiger partial charge in [-0.3, -0.25) is 4.90 Å². The van der Waals surface area contributed by atoms with E-state index in [4.69, 9.17) is 4.42 Å². The number of hydrogen-bond acceptors (Lipinski definition) is 5. The van der Waals surface area contributed by atoms with Gasteiger partial charge in [-0.15, -0.1) is 0 Å². The molecule has 0 radical (unpaired) electrons. The molecule has 6 heteroatoms. The predicted octanol–water partition coefficient (Wildman–Crippen LogP) is 0.159. The maximum Gasteiger partial charge on any atom is 0.153 e. The Labute approximate surface area is 107 Å². The Balaban J connectivity index is 1.76. The van der Waals surface area contributed by atoms with Crippen LogP contribution in [0, 0.1) is 6.92 Å². The standard InChI is InChI=1S/C12H18N2O3S/c1-9-2-3-10(17-9)6-14-5-4-13-11-7-18(15,16)8-12(11)14/h2-3,11-13H,4-8H2,1H3/t11-,12+/m0/s1. The number of nitrogens with zero attached hydrogens (tertiary/aromatic N) is 1. The highest BCUT2D eigenvalue weighted by Crippen LogP contribution is 2.23. The summed E-state index contributed by atoms with van der Waals surface area (Å²) in [4.78, 5) is 2.23. The molecule has 3 rings (SSSR count). The fourth-order valence-electron chi connectivity index (χ4n) is 2.91. The third-order valence-corrected chi connectivity index (χ3v) is 5.47. The maximum atomic E-state index is 11.7. The van der Waals surface area contributed by atoms with Gasteiger partial charge in [-0.2, -0.15) is 0 Å². The summed E-state index contributed by atoms with van der Waals surface area (Å²) in [5.74, 6) is 2.35. The van der Waals surface area contributed by atoms with Gasteiger partial charge in [0, 0.05) is 25.2 Å². The molecule has 1 N–H and O–H groups in total. The molecule has 2 saturated heterocycles. The van der Waals surface area contributed by atoms with Gasteiger partial charge in [-0.05, 0) is 19.1 Å². The van der Waals surface area contributed by atoms with Gasteiger partial charge in [0.1, 0.15) is 11.5 Å². The van der Waals surface area contributed by atoms with Crippen molar-refractivity contribution in [2.45, 2.75) is 25.6 Å². The Kier molecular flexibility index (Phi) is 2.96. The number of rotatable bonds is 2. The Bertz CT molecular complexity index is 537. The molecule has 0 bridgehead atoms. The molecule has 0 amide bonds. The van der Waals surface area contributed by atoms with E-state index in [9.17, 15) is 8.42 Å². The summed E-state index contributed by atoms with van der Waals surface area (Å²) in [5.41, 5.74) is 0. The first-order chi connectivity index (χ1) is 8.53. The molecule has 0 spiro atoms. The third-order valence-electron chi connectivity index (χ3n) is 3.75. The predicted molar refractivity (Wildman–Crippen MR) is 68.1 cm³/mol. The van der Waals surface area contributed by atoms with Crippen LogP contribution in [0.15, 0.2) is 16.5 Å². The van der Waals surface area contributed by atoms with Gasteiger partial charge in [0.2, 0.25) is 0 Å². The van der Waals surface area contributed by atoms with Gasteiger partial charge in [-0.1, -0.05) is 0 Å². The molecule has 2 fully saturated rings. The summed E-state index contributed by atoms with van der Waals surface area (Å²) in [6.07, 6.45) is 0. The molecular formula is C12H18N2O3S. The van der Waals surface area contributed by atoms with Crippen LogP contribution in [-0.4, -0.2) is 50.0 Å². The van der Waals surface area contributed by atoms with Crippen LogP contribution in [0.3, 0.4) is 0 Å². The fourth-order valence-corrected chi connectivity index (χ4v) is 4.90. The Morgan fingerprint density at radius 2 is 2.28 bits per heavy atom. The number of aryl methyl sites for hydroxylation is 1. The van der Waals surface area contributed by atoms with Crippen LogP contribution in [0.5, 0.6) is 0 Å². The Morgan fingerprint density at radius 3 is 3.00 bits per heavy atom. The maximum absolute atomic E-state index is 11.7. The van der Waals surface area contributed by atoms with Gasteiger partial charge in [0.25, 0.3) is 0 Å². The lowest BCUT2D eigenvalue weighted by molar-refractivity contribution is 0.131. The first-order valence-corrected chi connectivity index (χ1v) is 8.09. The molecule has 0 saturated carbocycles. The lowest BCUT2D eigenvalue weighted by Gasteiger charge is -2.36. The first-order valence-electron chi connectivity index (χ1n) is 6.27. The van der Waals surface area contributed by atoms with Crippen LogP contribution in [0.1, 0.15) is 11.5 Å². The number of sulfone groups is 1. The highest BCUT2D eigenvalue weighted by atomic mass is 32.2. The van der Waals surface area contributed by atoms with Crippen LogP contribution in [0.25, 0.3) is 0 Å². The quantitative estimate of drug-likeness (QED) is 0.829. The second kappa shape index (κ2) is 4.36. The van der Waals surface area contributed by atoms with Crippen LogP contribution in [-0.2, 0) is 16.4 Å². The third kappa shape index (κ3) is 2.32. The highest BCUT2D eigenvalue weighted by Gasteiger charge is 2.42. The van der Waals surface area contributed by atoms with E-state index in [2.05, 4.69) is 10.2 Å². The summed E-state index contributed by atoms with van der Waals surface area (Å²) in [6.45, 7) is 4.34. The average molecular weight is 270 g/mol. The van der Waals surface area contributed by atoms with E-state index in [1.165, 1.54) is 0 Å². The zero-order chi connectivity index (χ0) is 12.8. The van der Waals surface area contributed by atoms with Crippen molar-refractivity contribution in [3.8, 4) is 0 Å². The van der Waals surface area contributed by atoms with Gasteiger partial charge < -0.3 is 9.73 Å². The van der Waals surface area contributed by atoms with Crippen molar-refractivity contribution in [3.05, 3.63) is 23.7 Å². The summed E-state index contributed by atoms with van der Waals surface area (Å²) in [5, 5.41) is 3.31. The van der Waals surface area contributed by atoms with Gasteiger partial charge in [0.05, 0.1) is 18.1 Å². The van der Waals surface area contributed by atoms with Crippen molar-refractivity contribution >= 4 is 9.84 Å². The van der Waals surface area contributed by atoms with Crippen LogP contribution >= 0.6 is 0 Å². The van der Waals surface area contributed by atoms with Gasteiger partial charge >= 0.3 is 0 Å². The summed E-state index contributed by atoms with van der Waals surface area (Å²) < 4.78 is 29.0. The van der Waals surface area contributed by atoms with Crippen LogP contribution in [0.4, 0.5) is 0 Å². The Hall–Kier alpha value is -0.850. The first kappa shape index (κ1) is 12.2. The van der Waals surface area contributed by atoms with E-state index in [-0.39, 0.29) is 23.6 Å². The molecular weight excluding hydrogens is 252 g/mol. The molecule has 5 nitrogen and oxygen atoms in total. The molecule has 0 aromatic carbocycles. The smallest absolute Gasteiger partial charge is 0.153 e. The van der Waals surface area contributed by atoms with E-state index in [0.717, 1.165) is 24.6 Å². The van der Waals surface area contributed by atoms with E-state index in [0.29, 0.717) is 6.54 Å². The second-order valence-corrected chi connectivity index (χ2v) is 7.34. The lowest BCUT2D eigenvalue weighted by atomic mass is 10.1. The molecule has 2 atom stereocenters. The van der Waals surface area contributed by atoms with Crippen molar-refractivity contribution in [3.63, 3.8) is 0 Å². The van der Waals surface area contributed by atoms with Crippen molar-refractivity contribution < 1.29 is 12.8 Å². The molecule has 100 valence electrons. The molecule has 3 heterocycles. The van der Waals surface area contributed by atoms with Crippen LogP contribution in [0.2, 0.25) is 0 Å². The minimum atomic E-state index is -2.88. The average Bonchev–Trinajstić information content (AvgIpc) is 2.81. The van der Waals surface area contributed by atoms with Crippen molar-refractivity contribution in [2.75, 3.05) is 24.6 Å². The largest absolute Gasteiger partial charge is 0.465 e. The SMILES string of the molecule is Cc1ccc(CN2CCN[C@H]3CS(=O)(=O)C[C@H]32)o1. The van der Waals surface area contributed by atoms with E-state index in [1.807, 2.05) is 19.1 Å². The minimum Gasteiger partial charge on any atom is -0.465 e. The molecule has 18 heavy (non-hydrogen) atoms. The molecule has 2 aliphatic rings. The normalized spacial score (nSPS) is 31.4. The zero-order valence-corrected chi connectivity index (χ0v) is 11.2. The zero-order valence-electron chi connectivity index (χ0n) is 10.4. The van der Waals surface area contributed by atoms with Gasteiger partial charge in [0.15, 0.2) is 9.84 Å². The Morgan fingerprint density at radius 1 is 1.44 bits per heavy atom. The number of hydrogen-bond donors (Lipinski definition) is 1. The van der Waals surface area contributed by atoms with Crippen LogP contribution < -0.4 is 5.32 Å². The fraction of sp³-hybridized carbons (Fsp3) is 0.667. The second-order valence-electron chi connectivity index (χ2n) is 5.19. The van der Waals surface area contributed by atoms with E-state index in [1.54, 1.807) is 0 Å². The van der Waals surface area contributed by atoms with Crippen molar-refractivity contribution in [2.24, 2.45) is 0 Å². The number of nitrogens with one attached hydrogen (secondary N) is 1. The molecule has 1 aromatic heterocycles. The molecule has 1 aromatic rings. The monoisotopic (exact) mass is 270 g/mol. The molecule has 0 aliphatic carbocycles. The summed E-state index contributed by atoms with van der Waals surface area (Å²) in [6, 6.07) is 4.09. The van der Waals surface area contributed by atoms with Crippen molar-refractivity contribution in [1.29, 1.82) is 0 Å². The highest BCUT2D eigenvalue weighted by molar-refractivity contribution is 7.91. The number of fused-ring (bicyclic) bond motifs is 1. The molecule has 2 aliphatic heterocycles. The van der Waals surface area contributed by atoms with Gasteiger partial charge in [-0.25, -0.2) is 8.42 Å². The number of furan rings is 1. The summed E-state index contributed by atoms with van der Waals surface area (Å²) >= 11 is 0. The van der Waals surface area contributed by atoms with E-state index >= 15 is 0 Å². The summed E-state index contributed by atoms with van der Waals surface area (Å²) in [7, 11) is -2.88. The topological polar surface area (TPSA) is 62.6 Å². The van der Waals surface area contributed by atoms with Crippen molar-refractivity contribution in [1.82, 2.24) is 10.2 Å². The number of piperazine rings is 1. The lowest BCUT2D eigenvalue weighted by Crippen LogP contribution is -2.56.